The number of hydrogen-bond donors (Lipinski definition) is 0. The molecule has 0 heterocycles. The molecule has 0 bridgehead atoms. The molecule has 0 spiro atoms. The van der Waals surface area contributed by atoms with Crippen LogP contribution >= 0.6 is 0 Å². The van der Waals surface area contributed by atoms with Crippen LogP contribution in [0.3, 0.4) is 0 Å². The third kappa shape index (κ3) is 4.45. The molecule has 0 amide bonds. The van der Waals surface area contributed by atoms with Crippen LogP contribution in [-0.2, 0) is 0 Å². The molecular weight excluding hydrogens is 260 g/mol. The maximum Gasteiger partial charge on any atom is 0.163 e. The molecule has 2 rings (SSSR count). The fourth-order valence-electron chi connectivity index (χ4n) is 2.27. The van der Waals surface area contributed by atoms with Gasteiger partial charge in [-0.1, -0.05) is 62.4 Å². The van der Waals surface area contributed by atoms with Gasteiger partial charge < -0.3 is 4.74 Å². The van der Waals surface area contributed by atoms with Crippen molar-refractivity contribution in [2.24, 2.45) is 0 Å². The number of para-hydroxylation sites is 1. The molecule has 0 saturated carbocycles. The van der Waals surface area contributed by atoms with Crippen LogP contribution in [0.4, 0.5) is 0 Å². The molecule has 0 aliphatic heterocycles. The van der Waals surface area contributed by atoms with E-state index in [1.165, 1.54) is 5.56 Å². The first-order valence-corrected chi connectivity index (χ1v) is 7.48. The summed E-state index contributed by atoms with van der Waals surface area (Å²) >= 11 is 0. The molecule has 2 nitrogen and oxygen atoms in total. The summed E-state index contributed by atoms with van der Waals surface area (Å²) in [5.41, 5.74) is 1.99. The Morgan fingerprint density at radius 2 is 1.67 bits per heavy atom. The summed E-state index contributed by atoms with van der Waals surface area (Å²) in [5, 5.41) is 0. The molecule has 0 atom stereocenters. The topological polar surface area (TPSA) is 26.3 Å². The molecular formula is C19H22O2. The Balaban J connectivity index is 1.82. The number of rotatable bonds is 7. The minimum absolute atomic E-state index is 0.177. The van der Waals surface area contributed by atoms with E-state index in [0.717, 1.165) is 17.7 Å². The van der Waals surface area contributed by atoms with Crippen molar-refractivity contribution >= 4 is 5.78 Å². The fraction of sp³-hybridized carbons (Fsp3) is 0.316. The van der Waals surface area contributed by atoms with E-state index in [2.05, 4.69) is 19.9 Å². The number of carbonyl (C=O) groups excluding carboxylic acids is 1. The van der Waals surface area contributed by atoms with Gasteiger partial charge in [0.25, 0.3) is 0 Å². The number of benzene rings is 2. The van der Waals surface area contributed by atoms with Crippen LogP contribution in [0.5, 0.6) is 5.75 Å². The molecule has 0 aliphatic carbocycles. The van der Waals surface area contributed by atoms with Crippen LogP contribution < -0.4 is 4.74 Å². The lowest BCUT2D eigenvalue weighted by Crippen LogP contribution is -2.05. The van der Waals surface area contributed by atoms with Crippen LogP contribution in [0.15, 0.2) is 54.6 Å². The molecule has 0 unspecified atom stereocenters. The minimum atomic E-state index is 0.177. The molecule has 2 aromatic carbocycles. The van der Waals surface area contributed by atoms with Crippen molar-refractivity contribution in [2.75, 3.05) is 6.61 Å². The Morgan fingerprint density at radius 1 is 1.00 bits per heavy atom. The van der Waals surface area contributed by atoms with Crippen molar-refractivity contribution in [1.82, 2.24) is 0 Å². The second-order valence-electron chi connectivity index (χ2n) is 5.43. The van der Waals surface area contributed by atoms with Gasteiger partial charge in [-0.15, -0.1) is 0 Å². The highest BCUT2D eigenvalue weighted by Crippen LogP contribution is 2.25. The van der Waals surface area contributed by atoms with Gasteiger partial charge in [-0.3, -0.25) is 4.79 Å². The fourth-order valence-corrected chi connectivity index (χ4v) is 2.27. The van der Waals surface area contributed by atoms with Crippen LogP contribution in [0.25, 0.3) is 0 Å². The van der Waals surface area contributed by atoms with Gasteiger partial charge in [0.2, 0.25) is 0 Å². The largest absolute Gasteiger partial charge is 0.493 e. The Kier molecular flexibility index (Phi) is 5.56. The lowest BCUT2D eigenvalue weighted by molar-refractivity contribution is 0.0973. The Labute approximate surface area is 126 Å². The molecule has 0 saturated heterocycles. The van der Waals surface area contributed by atoms with E-state index in [4.69, 9.17) is 4.74 Å². The molecule has 0 radical (unpaired) electrons. The number of ether oxygens (including phenoxy) is 1. The first-order chi connectivity index (χ1) is 10.2. The predicted molar refractivity (Wildman–Crippen MR) is 86.0 cm³/mol. The maximum absolute atomic E-state index is 12.0. The molecule has 0 N–H and O–H groups in total. The summed E-state index contributed by atoms with van der Waals surface area (Å²) in [5.74, 6) is 1.54. The quantitative estimate of drug-likeness (QED) is 0.536. The molecule has 0 aromatic heterocycles. The van der Waals surface area contributed by atoms with Crippen LogP contribution in [0.1, 0.15) is 48.5 Å². The highest BCUT2D eigenvalue weighted by Gasteiger charge is 2.08. The van der Waals surface area contributed by atoms with Crippen molar-refractivity contribution in [3.63, 3.8) is 0 Å². The normalized spacial score (nSPS) is 10.6. The SMILES string of the molecule is CC(C)c1ccccc1OCCCC(=O)c1ccccc1. The van der Waals surface area contributed by atoms with Gasteiger partial charge in [0.1, 0.15) is 5.75 Å². The lowest BCUT2D eigenvalue weighted by atomic mass is 10.0. The zero-order valence-corrected chi connectivity index (χ0v) is 12.7. The maximum atomic E-state index is 12.0. The van der Waals surface area contributed by atoms with Crippen molar-refractivity contribution in [2.45, 2.75) is 32.6 Å². The van der Waals surface area contributed by atoms with Crippen molar-refractivity contribution in [1.29, 1.82) is 0 Å². The van der Waals surface area contributed by atoms with Crippen molar-refractivity contribution in [3.8, 4) is 5.75 Å². The first-order valence-electron chi connectivity index (χ1n) is 7.48. The summed E-state index contributed by atoms with van der Waals surface area (Å²) in [7, 11) is 0. The number of carbonyl (C=O) groups is 1. The highest BCUT2D eigenvalue weighted by atomic mass is 16.5. The Bertz CT molecular complexity index is 573. The van der Waals surface area contributed by atoms with E-state index in [1.54, 1.807) is 0 Å². The summed E-state index contributed by atoms with van der Waals surface area (Å²) < 4.78 is 5.83. The monoisotopic (exact) mass is 282 g/mol. The number of hydrogen-bond acceptors (Lipinski definition) is 2. The van der Waals surface area contributed by atoms with Gasteiger partial charge in [-0.25, -0.2) is 0 Å². The van der Waals surface area contributed by atoms with E-state index < -0.39 is 0 Å². The van der Waals surface area contributed by atoms with Gasteiger partial charge in [0.05, 0.1) is 6.61 Å². The van der Waals surface area contributed by atoms with Crippen LogP contribution in [0.2, 0.25) is 0 Å². The van der Waals surface area contributed by atoms with Gasteiger partial charge in [0.15, 0.2) is 5.78 Å². The van der Waals surface area contributed by atoms with Crippen LogP contribution in [-0.4, -0.2) is 12.4 Å². The Morgan fingerprint density at radius 3 is 2.38 bits per heavy atom. The van der Waals surface area contributed by atoms with Crippen LogP contribution in [0, 0.1) is 0 Å². The Hall–Kier alpha value is -2.09. The molecule has 2 heteroatoms. The molecule has 21 heavy (non-hydrogen) atoms. The van der Waals surface area contributed by atoms with E-state index in [9.17, 15) is 4.79 Å². The van der Waals surface area contributed by atoms with Crippen molar-refractivity contribution < 1.29 is 9.53 Å². The van der Waals surface area contributed by atoms with Gasteiger partial charge in [-0.05, 0) is 24.0 Å². The van der Waals surface area contributed by atoms with Gasteiger partial charge >= 0.3 is 0 Å². The van der Waals surface area contributed by atoms with Gasteiger partial charge in [-0.2, -0.15) is 0 Å². The number of Topliss-reactive ketones (excluding diaryl/α,β-unsaturated/α-hetero) is 1. The van der Waals surface area contributed by atoms with E-state index in [-0.39, 0.29) is 5.78 Å². The lowest BCUT2D eigenvalue weighted by Gasteiger charge is -2.13. The second kappa shape index (κ2) is 7.63. The minimum Gasteiger partial charge on any atom is -0.493 e. The summed E-state index contributed by atoms with van der Waals surface area (Å²) in [6.45, 7) is 4.88. The third-order valence-corrected chi connectivity index (χ3v) is 3.44. The van der Waals surface area contributed by atoms with Gasteiger partial charge in [0, 0.05) is 12.0 Å². The van der Waals surface area contributed by atoms with E-state index in [0.29, 0.717) is 18.9 Å². The molecule has 2 aromatic rings. The zero-order chi connectivity index (χ0) is 15.1. The zero-order valence-electron chi connectivity index (χ0n) is 12.7. The highest BCUT2D eigenvalue weighted by molar-refractivity contribution is 5.95. The standard InChI is InChI=1S/C19H22O2/c1-15(2)17-11-6-7-13-19(17)21-14-8-12-18(20)16-9-4-3-5-10-16/h3-7,9-11,13,15H,8,12,14H2,1-2H3. The smallest absolute Gasteiger partial charge is 0.163 e. The summed E-state index contributed by atoms with van der Waals surface area (Å²) in [6.07, 6.45) is 1.26. The first kappa shape index (κ1) is 15.3. The predicted octanol–water partition coefficient (Wildman–Crippen LogP) is 4.85. The second-order valence-corrected chi connectivity index (χ2v) is 5.43. The van der Waals surface area contributed by atoms with E-state index >= 15 is 0 Å². The van der Waals surface area contributed by atoms with E-state index in [1.807, 2.05) is 48.5 Å². The molecule has 110 valence electrons. The third-order valence-electron chi connectivity index (χ3n) is 3.44. The number of ketones is 1. The summed E-state index contributed by atoms with van der Waals surface area (Å²) in [4.78, 5) is 12.0. The summed E-state index contributed by atoms with van der Waals surface area (Å²) in [6, 6.07) is 17.5. The molecule has 0 fully saturated rings. The average molecular weight is 282 g/mol. The molecule has 0 aliphatic rings. The van der Waals surface area contributed by atoms with Crippen molar-refractivity contribution in [3.05, 3.63) is 65.7 Å². The average Bonchev–Trinajstić information content (AvgIpc) is 2.52.